The molecule has 2 aliphatic rings. The SMILES string of the molecule is CN1CCC2CCC(C1)N2c1nc(N)c2cnn(C)c2n1. The van der Waals surface area contributed by atoms with E-state index in [1.54, 1.807) is 10.9 Å². The van der Waals surface area contributed by atoms with Crippen LogP contribution in [0.25, 0.3) is 11.0 Å². The Morgan fingerprint density at radius 3 is 2.81 bits per heavy atom. The first-order valence-electron chi connectivity index (χ1n) is 7.55. The number of nitrogens with two attached hydrogens (primary N) is 1. The highest BCUT2D eigenvalue weighted by Crippen LogP contribution is 2.34. The Morgan fingerprint density at radius 2 is 1.95 bits per heavy atom. The van der Waals surface area contributed by atoms with Crippen molar-refractivity contribution in [3.63, 3.8) is 0 Å². The van der Waals surface area contributed by atoms with Gasteiger partial charge in [0.15, 0.2) is 5.65 Å². The first kappa shape index (κ1) is 12.8. The first-order valence-corrected chi connectivity index (χ1v) is 7.55. The molecule has 0 saturated carbocycles. The van der Waals surface area contributed by atoms with Crippen LogP contribution in [0.5, 0.6) is 0 Å². The van der Waals surface area contributed by atoms with Crippen molar-refractivity contribution < 1.29 is 0 Å². The van der Waals surface area contributed by atoms with E-state index in [1.807, 2.05) is 7.05 Å². The van der Waals surface area contributed by atoms with Crippen LogP contribution in [-0.4, -0.2) is 56.9 Å². The van der Waals surface area contributed by atoms with E-state index in [4.69, 9.17) is 10.7 Å². The Kier molecular flexibility index (Phi) is 2.78. The average molecular weight is 287 g/mol. The summed E-state index contributed by atoms with van der Waals surface area (Å²) in [5, 5.41) is 5.07. The van der Waals surface area contributed by atoms with Gasteiger partial charge in [-0.2, -0.15) is 15.1 Å². The molecule has 7 nitrogen and oxygen atoms in total. The fourth-order valence-corrected chi connectivity index (χ4v) is 3.72. The van der Waals surface area contributed by atoms with Crippen molar-refractivity contribution in [1.82, 2.24) is 24.6 Å². The van der Waals surface area contributed by atoms with Gasteiger partial charge in [-0.15, -0.1) is 0 Å². The second-order valence-electron chi connectivity index (χ2n) is 6.26. The van der Waals surface area contributed by atoms with Gasteiger partial charge in [-0.3, -0.25) is 4.68 Å². The number of likely N-dealkylation sites (tertiary alicyclic amines) is 1. The van der Waals surface area contributed by atoms with Crippen molar-refractivity contribution in [2.24, 2.45) is 7.05 Å². The molecular formula is C14H21N7. The number of anilines is 2. The molecule has 2 N–H and O–H groups in total. The minimum atomic E-state index is 0.493. The summed E-state index contributed by atoms with van der Waals surface area (Å²) in [5.41, 5.74) is 6.93. The third-order valence-electron chi connectivity index (χ3n) is 4.83. The van der Waals surface area contributed by atoms with E-state index in [0.717, 1.165) is 30.1 Å². The number of aryl methyl sites for hydroxylation is 1. The van der Waals surface area contributed by atoms with Crippen LogP contribution in [0.15, 0.2) is 6.20 Å². The van der Waals surface area contributed by atoms with E-state index in [0.29, 0.717) is 17.9 Å². The highest BCUT2D eigenvalue weighted by molar-refractivity contribution is 5.86. The van der Waals surface area contributed by atoms with Crippen LogP contribution in [-0.2, 0) is 7.05 Å². The molecule has 4 rings (SSSR count). The van der Waals surface area contributed by atoms with E-state index in [1.165, 1.54) is 19.3 Å². The van der Waals surface area contributed by atoms with Gasteiger partial charge in [0.25, 0.3) is 0 Å². The van der Waals surface area contributed by atoms with Crippen LogP contribution in [0.3, 0.4) is 0 Å². The predicted molar refractivity (Wildman–Crippen MR) is 82.1 cm³/mol. The van der Waals surface area contributed by atoms with E-state index in [-0.39, 0.29) is 0 Å². The van der Waals surface area contributed by atoms with Crippen molar-refractivity contribution in [1.29, 1.82) is 0 Å². The van der Waals surface area contributed by atoms with Gasteiger partial charge in [-0.05, 0) is 32.9 Å². The molecule has 21 heavy (non-hydrogen) atoms. The lowest BCUT2D eigenvalue weighted by atomic mass is 10.1. The molecule has 4 heterocycles. The Morgan fingerprint density at radius 1 is 1.14 bits per heavy atom. The van der Waals surface area contributed by atoms with Gasteiger partial charge in [0.2, 0.25) is 5.95 Å². The van der Waals surface area contributed by atoms with Crippen LogP contribution in [0, 0.1) is 0 Å². The summed E-state index contributed by atoms with van der Waals surface area (Å²) < 4.78 is 1.77. The smallest absolute Gasteiger partial charge is 0.229 e. The van der Waals surface area contributed by atoms with E-state index >= 15 is 0 Å². The molecule has 2 atom stereocenters. The van der Waals surface area contributed by atoms with Crippen LogP contribution in [0.4, 0.5) is 11.8 Å². The number of nitrogens with zero attached hydrogens (tertiary/aromatic N) is 6. The maximum atomic E-state index is 6.11. The molecule has 0 spiro atoms. The standard InChI is InChI=1S/C14H21N7/c1-19-6-5-9-3-4-10(8-19)21(9)14-17-12(15)11-7-16-20(2)13(11)18-14/h7,9-10H,3-6,8H2,1-2H3,(H2,15,17,18). The Hall–Kier alpha value is -1.89. The fourth-order valence-electron chi connectivity index (χ4n) is 3.72. The van der Waals surface area contributed by atoms with Crippen molar-refractivity contribution in [3.8, 4) is 0 Å². The van der Waals surface area contributed by atoms with Crippen LogP contribution in [0.2, 0.25) is 0 Å². The highest BCUT2D eigenvalue weighted by atomic mass is 15.4. The summed E-state index contributed by atoms with van der Waals surface area (Å²) in [4.78, 5) is 14.1. The maximum absolute atomic E-state index is 6.11. The third kappa shape index (κ3) is 1.95. The summed E-state index contributed by atoms with van der Waals surface area (Å²) in [6.45, 7) is 2.21. The van der Waals surface area contributed by atoms with Gasteiger partial charge in [-0.1, -0.05) is 0 Å². The quantitative estimate of drug-likeness (QED) is 0.828. The monoisotopic (exact) mass is 287 g/mol. The molecule has 0 aliphatic carbocycles. The summed E-state index contributed by atoms with van der Waals surface area (Å²) >= 11 is 0. The molecule has 2 aromatic heterocycles. The zero-order valence-corrected chi connectivity index (χ0v) is 12.5. The molecular weight excluding hydrogens is 266 g/mol. The fraction of sp³-hybridized carbons (Fsp3) is 0.643. The van der Waals surface area contributed by atoms with Crippen LogP contribution >= 0.6 is 0 Å². The number of aromatic nitrogens is 4. The third-order valence-corrected chi connectivity index (χ3v) is 4.83. The van der Waals surface area contributed by atoms with Crippen molar-refractivity contribution in [2.45, 2.75) is 31.3 Å². The summed E-state index contributed by atoms with van der Waals surface area (Å²) in [6.07, 6.45) is 5.34. The number of fused-ring (bicyclic) bond motifs is 3. The molecule has 7 heteroatoms. The number of likely N-dealkylation sites (N-methyl/N-ethyl adjacent to an activating group) is 1. The van der Waals surface area contributed by atoms with Gasteiger partial charge >= 0.3 is 0 Å². The summed E-state index contributed by atoms with van der Waals surface area (Å²) in [7, 11) is 4.09. The predicted octanol–water partition coefficient (Wildman–Crippen LogP) is 0.618. The number of rotatable bonds is 1. The lowest BCUT2D eigenvalue weighted by Gasteiger charge is -2.28. The second kappa shape index (κ2) is 4.56. The second-order valence-corrected chi connectivity index (χ2v) is 6.26. The van der Waals surface area contributed by atoms with Crippen LogP contribution < -0.4 is 10.6 Å². The number of hydrogen-bond acceptors (Lipinski definition) is 6. The topological polar surface area (TPSA) is 76.1 Å². The number of nitrogen functional groups attached to an aromatic ring is 1. The summed E-state index contributed by atoms with van der Waals surface area (Å²) in [6, 6.07) is 1.03. The molecule has 0 radical (unpaired) electrons. The minimum Gasteiger partial charge on any atom is -0.383 e. The normalized spacial score (nSPS) is 26.5. The molecule has 112 valence electrons. The molecule has 2 saturated heterocycles. The highest BCUT2D eigenvalue weighted by Gasteiger charge is 2.38. The van der Waals surface area contributed by atoms with Gasteiger partial charge in [0.05, 0.1) is 11.6 Å². The molecule has 0 aromatic carbocycles. The van der Waals surface area contributed by atoms with Crippen molar-refractivity contribution in [2.75, 3.05) is 30.8 Å². The summed E-state index contributed by atoms with van der Waals surface area (Å²) in [5.74, 6) is 1.30. The van der Waals surface area contributed by atoms with Crippen molar-refractivity contribution >= 4 is 22.8 Å². The Balaban J connectivity index is 1.80. The average Bonchev–Trinajstić information content (AvgIpc) is 2.95. The number of hydrogen-bond donors (Lipinski definition) is 1. The Labute approximate surface area is 123 Å². The lowest BCUT2D eigenvalue weighted by Crippen LogP contribution is -2.39. The van der Waals surface area contributed by atoms with Crippen LogP contribution in [0.1, 0.15) is 19.3 Å². The minimum absolute atomic E-state index is 0.493. The first-order chi connectivity index (χ1) is 10.1. The van der Waals surface area contributed by atoms with Gasteiger partial charge in [0.1, 0.15) is 5.82 Å². The van der Waals surface area contributed by atoms with Gasteiger partial charge < -0.3 is 15.5 Å². The van der Waals surface area contributed by atoms with Crippen molar-refractivity contribution in [3.05, 3.63) is 6.20 Å². The molecule has 0 amide bonds. The molecule has 2 bridgehead atoms. The van der Waals surface area contributed by atoms with E-state index in [9.17, 15) is 0 Å². The lowest BCUT2D eigenvalue weighted by molar-refractivity contribution is 0.315. The van der Waals surface area contributed by atoms with Gasteiger partial charge in [-0.25, -0.2) is 0 Å². The molecule has 2 unspecified atom stereocenters. The zero-order chi connectivity index (χ0) is 14.6. The van der Waals surface area contributed by atoms with E-state index in [2.05, 4.69) is 26.9 Å². The maximum Gasteiger partial charge on any atom is 0.229 e. The molecule has 2 aliphatic heterocycles. The molecule has 2 aromatic rings. The molecule has 2 fully saturated rings. The van der Waals surface area contributed by atoms with E-state index < -0.39 is 0 Å². The van der Waals surface area contributed by atoms with Gasteiger partial charge in [0, 0.05) is 25.7 Å². The Bertz CT molecular complexity index is 679. The zero-order valence-electron chi connectivity index (χ0n) is 12.5. The largest absolute Gasteiger partial charge is 0.383 e.